The Kier molecular flexibility index (Phi) is 4.85. The first kappa shape index (κ1) is 16.9. The highest BCUT2D eigenvalue weighted by atomic mass is 79.9. The maximum Gasteiger partial charge on any atom is 0.242 e. The van der Waals surface area contributed by atoms with Gasteiger partial charge in [0.2, 0.25) is 17.7 Å². The summed E-state index contributed by atoms with van der Waals surface area (Å²) in [7, 11) is 1.68. The van der Waals surface area contributed by atoms with Crippen molar-refractivity contribution in [3.8, 4) is 0 Å². The zero-order valence-electron chi connectivity index (χ0n) is 13.4. The Bertz CT molecular complexity index is 673. The summed E-state index contributed by atoms with van der Waals surface area (Å²) in [5.41, 5.74) is 0.992. The van der Waals surface area contributed by atoms with Crippen molar-refractivity contribution >= 4 is 33.7 Å². The molecule has 0 N–H and O–H groups in total. The number of amides is 3. The van der Waals surface area contributed by atoms with E-state index in [1.807, 2.05) is 36.4 Å². The van der Waals surface area contributed by atoms with Crippen LogP contribution in [0.3, 0.4) is 0 Å². The molecule has 126 valence electrons. The maximum absolute atomic E-state index is 12.4. The van der Waals surface area contributed by atoms with Crippen LogP contribution in [0.1, 0.15) is 18.4 Å². The Hall–Kier alpha value is -1.95. The molecule has 1 aromatic rings. The number of halogens is 1. The second-order valence-electron chi connectivity index (χ2n) is 6.29. The average molecular weight is 391 g/mol. The number of hydrogen-bond acceptors (Lipinski definition) is 3. The summed E-state index contributed by atoms with van der Waals surface area (Å²) in [5.74, 6) is -1.22. The van der Waals surface area contributed by atoms with Crippen LogP contribution in [0.15, 0.2) is 40.9 Å². The van der Waals surface area contributed by atoms with Gasteiger partial charge in [0.1, 0.15) is 6.54 Å². The highest BCUT2D eigenvalue weighted by Gasteiger charge is 2.47. The topological polar surface area (TPSA) is 57.7 Å². The second kappa shape index (κ2) is 6.89. The number of imide groups is 1. The fourth-order valence-corrected chi connectivity index (χ4v) is 3.50. The summed E-state index contributed by atoms with van der Waals surface area (Å²) in [6.07, 6.45) is 5.07. The maximum atomic E-state index is 12.4. The molecule has 0 spiro atoms. The third-order valence-corrected chi connectivity index (χ3v) is 5.18. The minimum atomic E-state index is -0.285. The van der Waals surface area contributed by atoms with E-state index >= 15 is 0 Å². The minimum Gasteiger partial charge on any atom is -0.340 e. The van der Waals surface area contributed by atoms with E-state index in [-0.39, 0.29) is 36.1 Å². The molecule has 1 saturated heterocycles. The number of rotatable bonds is 4. The summed E-state index contributed by atoms with van der Waals surface area (Å²) in [6, 6.07) is 7.69. The van der Waals surface area contributed by atoms with Crippen LogP contribution in [0.25, 0.3) is 0 Å². The molecule has 0 saturated carbocycles. The number of likely N-dealkylation sites (N-methyl/N-ethyl adjacent to an activating group) is 1. The van der Waals surface area contributed by atoms with Gasteiger partial charge >= 0.3 is 0 Å². The number of hydrogen-bond donors (Lipinski definition) is 0. The molecule has 0 bridgehead atoms. The van der Waals surface area contributed by atoms with Crippen molar-refractivity contribution in [1.29, 1.82) is 0 Å². The molecule has 6 heteroatoms. The van der Waals surface area contributed by atoms with Gasteiger partial charge in [-0.05, 0) is 30.5 Å². The van der Waals surface area contributed by atoms with Gasteiger partial charge in [-0.15, -0.1) is 0 Å². The second-order valence-corrected chi connectivity index (χ2v) is 7.21. The molecule has 3 amide bonds. The minimum absolute atomic E-state index is 0.169. The highest BCUT2D eigenvalue weighted by Crippen LogP contribution is 2.34. The van der Waals surface area contributed by atoms with E-state index in [0.717, 1.165) is 14.9 Å². The van der Waals surface area contributed by atoms with Crippen LogP contribution in [0.2, 0.25) is 0 Å². The van der Waals surface area contributed by atoms with Gasteiger partial charge in [-0.25, -0.2) is 0 Å². The van der Waals surface area contributed by atoms with E-state index in [4.69, 9.17) is 0 Å². The number of benzene rings is 1. The summed E-state index contributed by atoms with van der Waals surface area (Å²) in [6.45, 7) is 0.272. The lowest BCUT2D eigenvalue weighted by molar-refractivity contribution is -0.146. The van der Waals surface area contributed by atoms with Crippen LogP contribution in [0.4, 0.5) is 0 Å². The number of allylic oxidation sites excluding steroid dienone is 2. The molecular formula is C18H19BrN2O3. The van der Waals surface area contributed by atoms with Gasteiger partial charge in [0.05, 0.1) is 11.8 Å². The highest BCUT2D eigenvalue weighted by molar-refractivity contribution is 9.10. The molecule has 3 rings (SSSR count). The number of carbonyl (C=O) groups is 3. The predicted octanol–water partition coefficient (Wildman–Crippen LogP) is 2.36. The summed E-state index contributed by atoms with van der Waals surface area (Å²) in [5, 5.41) is 0. The van der Waals surface area contributed by atoms with Crippen molar-refractivity contribution in [2.24, 2.45) is 11.8 Å². The first-order valence-electron chi connectivity index (χ1n) is 7.96. The van der Waals surface area contributed by atoms with Crippen molar-refractivity contribution in [2.45, 2.75) is 19.4 Å². The Labute approximate surface area is 149 Å². The molecule has 2 aliphatic rings. The quantitative estimate of drug-likeness (QED) is 0.585. The van der Waals surface area contributed by atoms with Gasteiger partial charge in [-0.3, -0.25) is 19.3 Å². The van der Waals surface area contributed by atoms with Crippen molar-refractivity contribution < 1.29 is 14.4 Å². The van der Waals surface area contributed by atoms with Gasteiger partial charge in [0.25, 0.3) is 0 Å². The fourth-order valence-electron chi connectivity index (χ4n) is 3.23. The van der Waals surface area contributed by atoms with Gasteiger partial charge < -0.3 is 4.90 Å². The Morgan fingerprint density at radius 1 is 1.12 bits per heavy atom. The van der Waals surface area contributed by atoms with Gasteiger partial charge in [0, 0.05) is 18.1 Å². The van der Waals surface area contributed by atoms with Crippen molar-refractivity contribution in [2.75, 3.05) is 13.6 Å². The molecule has 5 nitrogen and oxygen atoms in total. The lowest BCUT2D eigenvalue weighted by Gasteiger charge is -2.21. The third-order valence-electron chi connectivity index (χ3n) is 4.65. The monoisotopic (exact) mass is 390 g/mol. The summed E-state index contributed by atoms with van der Waals surface area (Å²) < 4.78 is 0.977. The molecule has 24 heavy (non-hydrogen) atoms. The Balaban J connectivity index is 1.63. The van der Waals surface area contributed by atoms with Gasteiger partial charge in [-0.1, -0.05) is 40.2 Å². The van der Waals surface area contributed by atoms with Crippen molar-refractivity contribution in [3.63, 3.8) is 0 Å². The van der Waals surface area contributed by atoms with E-state index < -0.39 is 0 Å². The van der Waals surface area contributed by atoms with Crippen LogP contribution in [0.5, 0.6) is 0 Å². The van der Waals surface area contributed by atoms with Crippen molar-refractivity contribution in [3.05, 3.63) is 46.5 Å². The van der Waals surface area contributed by atoms with Gasteiger partial charge in [-0.2, -0.15) is 0 Å². The molecule has 1 aliphatic heterocycles. The first-order valence-corrected chi connectivity index (χ1v) is 8.75. The van der Waals surface area contributed by atoms with Gasteiger partial charge in [0.15, 0.2) is 0 Å². The van der Waals surface area contributed by atoms with Crippen LogP contribution in [-0.2, 0) is 20.9 Å². The fraction of sp³-hybridized carbons (Fsp3) is 0.389. The number of likely N-dealkylation sites (tertiary alicyclic amines) is 1. The van der Waals surface area contributed by atoms with Crippen molar-refractivity contribution in [1.82, 2.24) is 9.80 Å². The van der Waals surface area contributed by atoms with E-state index in [1.54, 1.807) is 11.9 Å². The average Bonchev–Trinajstić information content (AvgIpc) is 2.82. The number of carbonyl (C=O) groups excluding carboxylic acids is 3. The molecular weight excluding hydrogens is 372 g/mol. The SMILES string of the molecule is CN(Cc1ccc(Br)cc1)C(=O)CN1C(=O)C2CC=CCC2C1=O. The van der Waals surface area contributed by atoms with E-state index in [2.05, 4.69) is 15.9 Å². The normalized spacial score (nSPS) is 22.7. The molecule has 1 fully saturated rings. The molecule has 0 radical (unpaired) electrons. The summed E-state index contributed by atoms with van der Waals surface area (Å²) in [4.78, 5) is 39.9. The standard InChI is InChI=1S/C18H19BrN2O3/c1-20(10-12-6-8-13(19)9-7-12)16(22)11-21-17(23)14-4-2-3-5-15(14)18(21)24/h2-3,6-9,14-15H,4-5,10-11H2,1H3. The van der Waals surface area contributed by atoms with E-state index in [1.165, 1.54) is 0 Å². The van der Waals surface area contributed by atoms with Crippen LogP contribution < -0.4 is 0 Å². The smallest absolute Gasteiger partial charge is 0.242 e. The van der Waals surface area contributed by atoms with E-state index in [0.29, 0.717) is 19.4 Å². The third kappa shape index (κ3) is 3.29. The van der Waals surface area contributed by atoms with Crippen LogP contribution in [-0.4, -0.2) is 41.1 Å². The molecule has 2 unspecified atom stereocenters. The lowest BCUT2D eigenvalue weighted by atomic mass is 9.85. The van der Waals surface area contributed by atoms with Crippen LogP contribution >= 0.6 is 15.9 Å². The lowest BCUT2D eigenvalue weighted by Crippen LogP contribution is -2.41. The molecule has 0 aromatic heterocycles. The molecule has 1 aromatic carbocycles. The molecule has 1 aliphatic carbocycles. The largest absolute Gasteiger partial charge is 0.340 e. The zero-order valence-corrected chi connectivity index (χ0v) is 15.0. The zero-order chi connectivity index (χ0) is 17.3. The molecule has 2 atom stereocenters. The Morgan fingerprint density at radius 3 is 2.21 bits per heavy atom. The predicted molar refractivity (Wildman–Crippen MR) is 92.7 cm³/mol. The number of fused-ring (bicyclic) bond motifs is 1. The number of nitrogens with zero attached hydrogens (tertiary/aromatic N) is 2. The van der Waals surface area contributed by atoms with E-state index in [9.17, 15) is 14.4 Å². The first-order chi connectivity index (χ1) is 11.5. The van der Waals surface area contributed by atoms with Crippen LogP contribution in [0, 0.1) is 11.8 Å². The molecule has 1 heterocycles. The summed E-state index contributed by atoms with van der Waals surface area (Å²) >= 11 is 3.37. The Morgan fingerprint density at radius 2 is 1.67 bits per heavy atom.